The lowest BCUT2D eigenvalue weighted by Crippen LogP contribution is -2.13. The first kappa shape index (κ1) is 17.5. The van der Waals surface area contributed by atoms with Gasteiger partial charge in [0, 0.05) is 18.3 Å². The highest BCUT2D eigenvalue weighted by atomic mass is 19.1. The van der Waals surface area contributed by atoms with Gasteiger partial charge in [-0.25, -0.2) is 19.3 Å². The van der Waals surface area contributed by atoms with E-state index in [0.29, 0.717) is 29.6 Å². The number of anilines is 2. The summed E-state index contributed by atoms with van der Waals surface area (Å²) in [7, 11) is 0. The minimum Gasteiger partial charge on any atom is -0.460 e. The van der Waals surface area contributed by atoms with Crippen molar-refractivity contribution in [3.63, 3.8) is 0 Å². The van der Waals surface area contributed by atoms with Gasteiger partial charge in [-0.3, -0.25) is 4.79 Å². The minimum absolute atomic E-state index is 0.120. The number of aryl methyl sites for hydroxylation is 1. The molecule has 3 aromatic rings. The molecule has 8 heteroatoms. The molecule has 0 radical (unpaired) electrons. The number of carbonyl (C=O) groups excluding carboxylic acids is 1. The highest BCUT2D eigenvalue weighted by Gasteiger charge is 2.27. The molecule has 1 fully saturated rings. The summed E-state index contributed by atoms with van der Waals surface area (Å²) in [5.41, 5.74) is 4.10. The van der Waals surface area contributed by atoms with Crippen LogP contribution in [0.2, 0.25) is 0 Å². The maximum absolute atomic E-state index is 14.0. The van der Waals surface area contributed by atoms with Crippen molar-refractivity contribution in [3.8, 4) is 17.1 Å². The second-order valence-electron chi connectivity index (χ2n) is 7.21. The molecule has 146 valence electrons. The Morgan fingerprint density at radius 1 is 1.14 bits per heavy atom. The lowest BCUT2D eigenvalue weighted by Gasteiger charge is -2.12. The van der Waals surface area contributed by atoms with Crippen LogP contribution in [0.4, 0.5) is 15.9 Å². The summed E-state index contributed by atoms with van der Waals surface area (Å²) in [6, 6.07) is 5.29. The largest absolute Gasteiger partial charge is 0.460 e. The molecule has 1 aliphatic carbocycles. The number of pyridine rings is 1. The molecular formula is C21H18FN5O2. The van der Waals surface area contributed by atoms with Crippen LogP contribution in [-0.4, -0.2) is 27.0 Å². The van der Waals surface area contributed by atoms with E-state index < -0.39 is 5.82 Å². The molecule has 1 amide bonds. The molecule has 0 bridgehead atoms. The summed E-state index contributed by atoms with van der Waals surface area (Å²) in [5.74, 6) is -0.243. The summed E-state index contributed by atoms with van der Waals surface area (Å²) >= 11 is 0. The van der Waals surface area contributed by atoms with E-state index in [4.69, 9.17) is 4.74 Å². The molecule has 0 spiro atoms. The first-order valence-corrected chi connectivity index (χ1v) is 9.41. The lowest BCUT2D eigenvalue weighted by molar-refractivity contribution is 0.0962. The van der Waals surface area contributed by atoms with Crippen LogP contribution in [-0.2, 0) is 6.54 Å². The maximum Gasteiger partial charge on any atom is 0.316 e. The Labute approximate surface area is 166 Å². The van der Waals surface area contributed by atoms with Crippen molar-refractivity contribution in [2.75, 3.05) is 5.32 Å². The Kier molecular flexibility index (Phi) is 4.12. The van der Waals surface area contributed by atoms with E-state index in [9.17, 15) is 9.18 Å². The number of ether oxygens (including phenoxy) is 1. The number of rotatable bonds is 5. The van der Waals surface area contributed by atoms with Crippen LogP contribution in [0.15, 0.2) is 36.8 Å². The SMILES string of the molecule is Cc1cc(Nc2cnc(OC3CC3)nc2)ncc1-c1ccc(F)c2c1CNC2=O. The third-order valence-electron chi connectivity index (χ3n) is 5.01. The van der Waals surface area contributed by atoms with E-state index in [2.05, 4.69) is 25.6 Å². The quantitative estimate of drug-likeness (QED) is 0.692. The number of hydrogen-bond donors (Lipinski definition) is 2. The van der Waals surface area contributed by atoms with Crippen molar-refractivity contribution in [2.45, 2.75) is 32.4 Å². The zero-order chi connectivity index (χ0) is 20.0. The third-order valence-corrected chi connectivity index (χ3v) is 5.01. The van der Waals surface area contributed by atoms with Gasteiger partial charge in [-0.15, -0.1) is 0 Å². The Morgan fingerprint density at radius 3 is 2.66 bits per heavy atom. The van der Waals surface area contributed by atoms with Gasteiger partial charge in [0.15, 0.2) is 0 Å². The van der Waals surface area contributed by atoms with Crippen molar-refractivity contribution in [3.05, 3.63) is 59.3 Å². The van der Waals surface area contributed by atoms with E-state index in [1.54, 1.807) is 24.7 Å². The summed E-state index contributed by atoms with van der Waals surface area (Å²) < 4.78 is 19.6. The van der Waals surface area contributed by atoms with Crippen molar-refractivity contribution in [2.24, 2.45) is 0 Å². The van der Waals surface area contributed by atoms with Crippen LogP contribution >= 0.6 is 0 Å². The fraction of sp³-hybridized carbons (Fsp3) is 0.238. The third kappa shape index (κ3) is 3.37. The Bertz CT molecular complexity index is 1110. The molecule has 0 unspecified atom stereocenters. The summed E-state index contributed by atoms with van der Waals surface area (Å²) in [6.07, 6.45) is 7.39. The number of amides is 1. The average Bonchev–Trinajstić information content (AvgIpc) is 3.44. The second-order valence-corrected chi connectivity index (χ2v) is 7.21. The minimum atomic E-state index is -0.503. The van der Waals surface area contributed by atoms with Gasteiger partial charge >= 0.3 is 6.01 Å². The van der Waals surface area contributed by atoms with Gasteiger partial charge in [-0.2, -0.15) is 0 Å². The molecule has 0 atom stereocenters. The van der Waals surface area contributed by atoms with Gasteiger partial charge in [0.2, 0.25) is 0 Å². The highest BCUT2D eigenvalue weighted by Crippen LogP contribution is 2.33. The fourth-order valence-corrected chi connectivity index (χ4v) is 3.39. The Morgan fingerprint density at radius 2 is 1.93 bits per heavy atom. The van der Waals surface area contributed by atoms with Gasteiger partial charge in [0.25, 0.3) is 5.91 Å². The highest BCUT2D eigenvalue weighted by molar-refractivity contribution is 6.01. The number of carbonyl (C=O) groups is 1. The van der Waals surface area contributed by atoms with E-state index in [0.717, 1.165) is 29.5 Å². The number of halogens is 1. The Hall–Kier alpha value is -3.55. The van der Waals surface area contributed by atoms with Crippen LogP contribution in [0, 0.1) is 12.7 Å². The molecule has 1 aromatic carbocycles. The van der Waals surface area contributed by atoms with Gasteiger partial charge in [-0.05, 0) is 48.6 Å². The van der Waals surface area contributed by atoms with Gasteiger partial charge < -0.3 is 15.4 Å². The normalized spacial score (nSPS) is 15.0. The first-order valence-electron chi connectivity index (χ1n) is 9.41. The van der Waals surface area contributed by atoms with Crippen LogP contribution < -0.4 is 15.4 Å². The van der Waals surface area contributed by atoms with E-state index in [1.165, 1.54) is 6.07 Å². The molecular weight excluding hydrogens is 373 g/mol. The summed E-state index contributed by atoms with van der Waals surface area (Å²) in [4.78, 5) is 24.8. The molecule has 29 heavy (non-hydrogen) atoms. The standard InChI is InChI=1S/C21H18FN5O2/c1-11-6-18(27-12-7-25-21(26-8-12)29-13-2-3-13)23-9-15(11)14-4-5-17(22)19-16(14)10-24-20(19)28/h4-9,13H,2-3,10H2,1H3,(H,23,27)(H,24,28). The zero-order valence-corrected chi connectivity index (χ0v) is 15.7. The molecule has 3 heterocycles. The molecule has 2 aromatic heterocycles. The van der Waals surface area contributed by atoms with Crippen molar-refractivity contribution >= 4 is 17.4 Å². The number of fused-ring (bicyclic) bond motifs is 1. The van der Waals surface area contributed by atoms with Crippen LogP contribution in [0.5, 0.6) is 6.01 Å². The number of benzene rings is 1. The molecule has 1 aliphatic heterocycles. The van der Waals surface area contributed by atoms with E-state index in [1.807, 2.05) is 13.0 Å². The molecule has 2 aliphatic rings. The first-order chi connectivity index (χ1) is 14.1. The smallest absolute Gasteiger partial charge is 0.316 e. The van der Waals surface area contributed by atoms with E-state index >= 15 is 0 Å². The van der Waals surface area contributed by atoms with Crippen LogP contribution in [0.3, 0.4) is 0 Å². The average molecular weight is 391 g/mol. The number of nitrogens with one attached hydrogen (secondary N) is 2. The van der Waals surface area contributed by atoms with Gasteiger partial charge in [0.1, 0.15) is 17.7 Å². The molecule has 2 N–H and O–H groups in total. The van der Waals surface area contributed by atoms with Gasteiger partial charge in [-0.1, -0.05) is 6.07 Å². The van der Waals surface area contributed by atoms with E-state index in [-0.39, 0.29) is 17.6 Å². The number of hydrogen-bond acceptors (Lipinski definition) is 6. The zero-order valence-electron chi connectivity index (χ0n) is 15.7. The van der Waals surface area contributed by atoms with Crippen LogP contribution in [0.25, 0.3) is 11.1 Å². The van der Waals surface area contributed by atoms with Gasteiger partial charge in [0.05, 0.1) is 23.6 Å². The fourth-order valence-electron chi connectivity index (χ4n) is 3.39. The molecule has 1 saturated carbocycles. The maximum atomic E-state index is 14.0. The molecule has 7 nitrogen and oxygen atoms in total. The summed E-state index contributed by atoms with van der Waals surface area (Å²) in [5, 5.41) is 5.85. The van der Waals surface area contributed by atoms with Crippen molar-refractivity contribution in [1.29, 1.82) is 0 Å². The molecule has 5 rings (SSSR count). The monoisotopic (exact) mass is 391 g/mol. The second kappa shape index (κ2) is 6.80. The predicted octanol–water partition coefficient (Wildman–Crippen LogP) is 3.51. The van der Waals surface area contributed by atoms with Crippen LogP contribution in [0.1, 0.15) is 34.3 Å². The predicted molar refractivity (Wildman–Crippen MR) is 105 cm³/mol. The van der Waals surface area contributed by atoms with Crippen molar-refractivity contribution in [1.82, 2.24) is 20.3 Å². The Balaban J connectivity index is 1.39. The molecule has 0 saturated heterocycles. The summed E-state index contributed by atoms with van der Waals surface area (Å²) in [6.45, 7) is 2.26. The van der Waals surface area contributed by atoms with Crippen molar-refractivity contribution < 1.29 is 13.9 Å². The number of aromatic nitrogens is 3. The number of nitrogens with zero attached hydrogens (tertiary/aromatic N) is 3. The lowest BCUT2D eigenvalue weighted by atomic mass is 9.95. The topological polar surface area (TPSA) is 89.0 Å².